The Morgan fingerprint density at radius 3 is 2.15 bits per heavy atom. The standard InChI is InChI=1S/C20H24N4O2/c1-15(25)16-2-6-18(7-3-16)22-14-20(26)24-12-10-23(11-13-24)19-8-4-17(21)5-9-19/h2-9,22H,10-14,21H2,1H3. The van der Waals surface area contributed by atoms with Crippen LogP contribution in [0.4, 0.5) is 17.1 Å². The maximum Gasteiger partial charge on any atom is 0.241 e. The molecule has 3 rings (SSSR count). The second-order valence-corrected chi connectivity index (χ2v) is 6.45. The van der Waals surface area contributed by atoms with E-state index < -0.39 is 0 Å². The number of hydrogen-bond donors (Lipinski definition) is 2. The number of Topliss-reactive ketones (excluding diaryl/α,β-unsaturated/α-hetero) is 1. The van der Waals surface area contributed by atoms with E-state index >= 15 is 0 Å². The number of hydrogen-bond acceptors (Lipinski definition) is 5. The van der Waals surface area contributed by atoms with Gasteiger partial charge in [-0.05, 0) is 55.5 Å². The second kappa shape index (κ2) is 7.91. The van der Waals surface area contributed by atoms with Crippen LogP contribution in [0.25, 0.3) is 0 Å². The molecule has 3 N–H and O–H groups in total. The smallest absolute Gasteiger partial charge is 0.241 e. The summed E-state index contributed by atoms with van der Waals surface area (Å²) >= 11 is 0. The van der Waals surface area contributed by atoms with E-state index in [0.717, 1.165) is 30.2 Å². The number of anilines is 3. The number of nitrogen functional groups attached to an aromatic ring is 1. The maximum absolute atomic E-state index is 12.4. The normalized spacial score (nSPS) is 14.2. The third-order valence-corrected chi connectivity index (χ3v) is 4.63. The van der Waals surface area contributed by atoms with Gasteiger partial charge < -0.3 is 20.9 Å². The van der Waals surface area contributed by atoms with E-state index in [2.05, 4.69) is 10.2 Å². The summed E-state index contributed by atoms with van der Waals surface area (Å²) in [5, 5.41) is 3.13. The Morgan fingerprint density at radius 1 is 0.962 bits per heavy atom. The van der Waals surface area contributed by atoms with E-state index in [-0.39, 0.29) is 18.2 Å². The van der Waals surface area contributed by atoms with Crippen LogP contribution in [0.3, 0.4) is 0 Å². The number of carbonyl (C=O) groups is 2. The van der Waals surface area contributed by atoms with Gasteiger partial charge in [0.15, 0.2) is 5.78 Å². The lowest BCUT2D eigenvalue weighted by atomic mass is 10.1. The quantitative estimate of drug-likeness (QED) is 0.637. The first-order valence-corrected chi connectivity index (χ1v) is 8.76. The molecule has 0 atom stereocenters. The summed E-state index contributed by atoms with van der Waals surface area (Å²) in [6.07, 6.45) is 0. The van der Waals surface area contributed by atoms with Crippen molar-refractivity contribution in [2.24, 2.45) is 0 Å². The zero-order valence-corrected chi connectivity index (χ0v) is 14.9. The van der Waals surface area contributed by atoms with Crippen molar-refractivity contribution in [2.45, 2.75) is 6.92 Å². The summed E-state index contributed by atoms with van der Waals surface area (Å²) in [5.74, 6) is 0.115. The van der Waals surface area contributed by atoms with Gasteiger partial charge in [0.25, 0.3) is 0 Å². The van der Waals surface area contributed by atoms with Crippen molar-refractivity contribution in [3.8, 4) is 0 Å². The maximum atomic E-state index is 12.4. The summed E-state index contributed by atoms with van der Waals surface area (Å²) in [4.78, 5) is 27.8. The molecule has 1 aliphatic heterocycles. The average molecular weight is 352 g/mol. The van der Waals surface area contributed by atoms with Gasteiger partial charge in [-0.2, -0.15) is 0 Å². The highest BCUT2D eigenvalue weighted by Crippen LogP contribution is 2.18. The van der Waals surface area contributed by atoms with Crippen molar-refractivity contribution in [3.05, 3.63) is 54.1 Å². The fourth-order valence-electron chi connectivity index (χ4n) is 3.01. The molecule has 0 aromatic heterocycles. The number of nitrogens with zero attached hydrogens (tertiary/aromatic N) is 2. The number of rotatable bonds is 5. The molecular formula is C20H24N4O2. The van der Waals surface area contributed by atoms with Crippen molar-refractivity contribution < 1.29 is 9.59 Å². The van der Waals surface area contributed by atoms with Gasteiger partial charge in [-0.15, -0.1) is 0 Å². The fourth-order valence-corrected chi connectivity index (χ4v) is 3.01. The van der Waals surface area contributed by atoms with Crippen LogP contribution in [0.15, 0.2) is 48.5 Å². The molecule has 6 nitrogen and oxygen atoms in total. The monoisotopic (exact) mass is 352 g/mol. The van der Waals surface area contributed by atoms with Crippen LogP contribution in [-0.4, -0.2) is 49.3 Å². The Morgan fingerprint density at radius 2 is 1.58 bits per heavy atom. The number of benzene rings is 2. The minimum absolute atomic E-state index is 0.0339. The molecule has 0 spiro atoms. The van der Waals surface area contributed by atoms with Gasteiger partial charge in [-0.1, -0.05) is 0 Å². The molecular weight excluding hydrogens is 328 g/mol. The largest absolute Gasteiger partial charge is 0.399 e. The lowest BCUT2D eigenvalue weighted by molar-refractivity contribution is -0.129. The van der Waals surface area contributed by atoms with Crippen LogP contribution in [0.5, 0.6) is 0 Å². The zero-order valence-electron chi connectivity index (χ0n) is 14.9. The molecule has 1 fully saturated rings. The van der Waals surface area contributed by atoms with Crippen molar-refractivity contribution in [1.82, 2.24) is 4.90 Å². The van der Waals surface area contributed by atoms with Crippen LogP contribution in [0.2, 0.25) is 0 Å². The predicted molar refractivity (Wildman–Crippen MR) is 105 cm³/mol. The van der Waals surface area contributed by atoms with Crippen LogP contribution >= 0.6 is 0 Å². The molecule has 1 amide bonds. The molecule has 0 radical (unpaired) electrons. The van der Waals surface area contributed by atoms with Gasteiger partial charge in [0, 0.05) is 48.8 Å². The molecule has 0 unspecified atom stereocenters. The molecule has 1 heterocycles. The Hall–Kier alpha value is -3.02. The third kappa shape index (κ3) is 4.33. The van der Waals surface area contributed by atoms with Crippen LogP contribution in [0, 0.1) is 0 Å². The molecule has 2 aromatic carbocycles. The van der Waals surface area contributed by atoms with Gasteiger partial charge in [-0.25, -0.2) is 0 Å². The van der Waals surface area contributed by atoms with Crippen molar-refractivity contribution >= 4 is 28.8 Å². The molecule has 1 aliphatic rings. The summed E-state index contributed by atoms with van der Waals surface area (Å²) in [5.41, 5.74) is 9.12. The first-order valence-electron chi connectivity index (χ1n) is 8.76. The van der Waals surface area contributed by atoms with E-state index in [1.54, 1.807) is 12.1 Å². The first-order chi connectivity index (χ1) is 12.5. The third-order valence-electron chi connectivity index (χ3n) is 4.63. The summed E-state index contributed by atoms with van der Waals surface area (Å²) in [6.45, 7) is 4.81. The predicted octanol–water partition coefficient (Wildman–Crippen LogP) is 2.23. The van der Waals surface area contributed by atoms with Crippen molar-refractivity contribution in [3.63, 3.8) is 0 Å². The molecule has 2 aromatic rings. The minimum Gasteiger partial charge on any atom is -0.399 e. The van der Waals surface area contributed by atoms with Gasteiger partial charge in [0.05, 0.1) is 6.54 Å². The molecule has 0 aliphatic carbocycles. The SMILES string of the molecule is CC(=O)c1ccc(NCC(=O)N2CCN(c3ccc(N)cc3)CC2)cc1. The van der Waals surface area contributed by atoms with E-state index in [1.165, 1.54) is 6.92 Å². The van der Waals surface area contributed by atoms with Crippen LogP contribution in [-0.2, 0) is 4.79 Å². The molecule has 6 heteroatoms. The van der Waals surface area contributed by atoms with Gasteiger partial charge in [0.2, 0.25) is 5.91 Å². The van der Waals surface area contributed by atoms with E-state index in [1.807, 2.05) is 41.3 Å². The van der Waals surface area contributed by atoms with E-state index in [4.69, 9.17) is 5.73 Å². The highest BCUT2D eigenvalue weighted by molar-refractivity contribution is 5.94. The molecule has 26 heavy (non-hydrogen) atoms. The summed E-state index contributed by atoms with van der Waals surface area (Å²) in [7, 11) is 0. The average Bonchev–Trinajstić information content (AvgIpc) is 2.67. The van der Waals surface area contributed by atoms with E-state index in [0.29, 0.717) is 18.7 Å². The van der Waals surface area contributed by atoms with Crippen LogP contribution < -0.4 is 16.0 Å². The van der Waals surface area contributed by atoms with E-state index in [9.17, 15) is 9.59 Å². The van der Waals surface area contributed by atoms with Gasteiger partial charge in [-0.3, -0.25) is 9.59 Å². The number of nitrogens with one attached hydrogen (secondary N) is 1. The van der Waals surface area contributed by atoms with Gasteiger partial charge >= 0.3 is 0 Å². The number of nitrogens with two attached hydrogens (primary N) is 1. The number of piperazine rings is 1. The Kier molecular flexibility index (Phi) is 5.41. The number of amides is 1. The molecule has 0 saturated carbocycles. The molecule has 1 saturated heterocycles. The minimum atomic E-state index is 0.0339. The number of ketones is 1. The molecule has 136 valence electrons. The van der Waals surface area contributed by atoms with Crippen LogP contribution in [0.1, 0.15) is 17.3 Å². The highest BCUT2D eigenvalue weighted by atomic mass is 16.2. The summed E-state index contributed by atoms with van der Waals surface area (Å²) < 4.78 is 0. The second-order valence-electron chi connectivity index (χ2n) is 6.45. The first kappa shape index (κ1) is 17.8. The highest BCUT2D eigenvalue weighted by Gasteiger charge is 2.21. The Bertz CT molecular complexity index is 763. The van der Waals surface area contributed by atoms with Crippen molar-refractivity contribution in [2.75, 3.05) is 48.7 Å². The fraction of sp³-hybridized carbons (Fsp3) is 0.300. The Balaban J connectivity index is 1.47. The number of carbonyl (C=O) groups excluding carboxylic acids is 2. The molecule has 0 bridgehead atoms. The van der Waals surface area contributed by atoms with Gasteiger partial charge in [0.1, 0.15) is 0 Å². The summed E-state index contributed by atoms with van der Waals surface area (Å²) in [6, 6.07) is 15.0. The topological polar surface area (TPSA) is 78.7 Å². The van der Waals surface area contributed by atoms with Crippen molar-refractivity contribution in [1.29, 1.82) is 0 Å². The lowest BCUT2D eigenvalue weighted by Crippen LogP contribution is -2.50. The zero-order chi connectivity index (χ0) is 18.5. The Labute approximate surface area is 153 Å². The lowest BCUT2D eigenvalue weighted by Gasteiger charge is -2.36.